The van der Waals surface area contributed by atoms with Gasteiger partial charge in [0.1, 0.15) is 5.69 Å². The summed E-state index contributed by atoms with van der Waals surface area (Å²) in [5.74, 6) is -0.255. The second-order valence-electron chi connectivity index (χ2n) is 13.9. The van der Waals surface area contributed by atoms with Gasteiger partial charge in [0.25, 0.3) is 17.7 Å². The lowest BCUT2D eigenvalue weighted by Crippen LogP contribution is -2.56. The monoisotopic (exact) mass is 662 g/mol. The summed E-state index contributed by atoms with van der Waals surface area (Å²) in [6, 6.07) is 20.0. The highest BCUT2D eigenvalue weighted by Crippen LogP contribution is 2.49. The molecule has 11 nitrogen and oxygen atoms in total. The second kappa shape index (κ2) is 13.6. The molecule has 0 radical (unpaired) electrons. The molecule has 2 aromatic carbocycles. The Balaban J connectivity index is 0.956. The van der Waals surface area contributed by atoms with Crippen LogP contribution in [-0.4, -0.2) is 75.6 Å². The summed E-state index contributed by atoms with van der Waals surface area (Å²) < 4.78 is 4.20. The van der Waals surface area contributed by atoms with Gasteiger partial charge in [0.2, 0.25) is 0 Å². The fraction of sp³-hybridized carbons (Fsp3) is 0.421. The summed E-state index contributed by atoms with van der Waals surface area (Å²) in [6.07, 6.45) is 6.98. The van der Waals surface area contributed by atoms with Crippen LogP contribution >= 0.6 is 0 Å². The first kappa shape index (κ1) is 32.8. The molecule has 1 spiro atoms. The Morgan fingerprint density at radius 1 is 0.918 bits per heavy atom. The molecule has 3 N–H and O–H groups in total. The van der Waals surface area contributed by atoms with Gasteiger partial charge in [0.05, 0.1) is 23.3 Å². The van der Waals surface area contributed by atoms with Crippen molar-refractivity contribution in [3.05, 3.63) is 106 Å². The second-order valence-corrected chi connectivity index (χ2v) is 13.9. The maximum absolute atomic E-state index is 13.4. The van der Waals surface area contributed by atoms with E-state index in [9.17, 15) is 14.4 Å². The average Bonchev–Trinajstić information content (AvgIpc) is 3.71. The fourth-order valence-corrected chi connectivity index (χ4v) is 7.70. The maximum Gasteiger partial charge on any atom is 0.268 e. The first-order chi connectivity index (χ1) is 23.7. The average molecular weight is 663 g/mol. The number of aromatic nitrogens is 3. The lowest BCUT2D eigenvalue weighted by molar-refractivity contribution is -0.0217. The van der Waals surface area contributed by atoms with Gasteiger partial charge in [-0.25, -0.2) is 0 Å². The Hall–Kier alpha value is -4.74. The minimum atomic E-state index is -0.172. The number of carbonyl (C=O) groups is 3. The van der Waals surface area contributed by atoms with E-state index in [4.69, 9.17) is 0 Å². The first-order valence-electron chi connectivity index (χ1n) is 17.4. The lowest BCUT2D eigenvalue weighted by atomic mass is 9.71. The number of fused-ring (bicyclic) bond motifs is 2. The highest BCUT2D eigenvalue weighted by Gasteiger charge is 2.48. The van der Waals surface area contributed by atoms with Crippen molar-refractivity contribution in [2.45, 2.75) is 70.2 Å². The highest BCUT2D eigenvalue weighted by molar-refractivity contribution is 6.04. The van der Waals surface area contributed by atoms with Crippen LogP contribution in [0.3, 0.4) is 0 Å². The number of carbonyl (C=O) groups excluding carboxylic acids is 3. The predicted molar refractivity (Wildman–Crippen MR) is 189 cm³/mol. The normalized spacial score (nSPS) is 17.3. The zero-order valence-corrected chi connectivity index (χ0v) is 28.7. The summed E-state index contributed by atoms with van der Waals surface area (Å²) in [5.41, 5.74) is 6.84. The number of hydrogen-bond donors (Lipinski definition) is 3. The fourth-order valence-electron chi connectivity index (χ4n) is 7.70. The number of anilines is 1. The molecule has 3 amide bonds. The molecule has 2 fully saturated rings. The van der Waals surface area contributed by atoms with Crippen LogP contribution in [0.5, 0.6) is 0 Å². The molecule has 1 saturated heterocycles. The van der Waals surface area contributed by atoms with Gasteiger partial charge in [-0.2, -0.15) is 5.10 Å². The van der Waals surface area contributed by atoms with E-state index in [0.717, 1.165) is 76.1 Å². The third kappa shape index (κ3) is 6.40. The molecule has 0 atom stereocenters. The van der Waals surface area contributed by atoms with E-state index in [2.05, 4.69) is 48.7 Å². The number of benzene rings is 2. The molecule has 0 unspecified atom stereocenters. The third-order valence-corrected chi connectivity index (χ3v) is 10.7. The number of piperidine rings is 1. The van der Waals surface area contributed by atoms with Crippen LogP contribution in [0.1, 0.15) is 91.9 Å². The van der Waals surface area contributed by atoms with Crippen molar-refractivity contribution in [2.24, 2.45) is 0 Å². The summed E-state index contributed by atoms with van der Waals surface area (Å²) in [4.78, 5) is 43.0. The molecule has 4 heterocycles. The zero-order valence-electron chi connectivity index (χ0n) is 28.7. The quantitative estimate of drug-likeness (QED) is 0.240. The van der Waals surface area contributed by atoms with Crippen molar-refractivity contribution < 1.29 is 14.4 Å². The molecule has 256 valence electrons. The molecule has 11 heteroatoms. The summed E-state index contributed by atoms with van der Waals surface area (Å²) in [5, 5.41) is 14.0. The Labute approximate surface area is 287 Å². The van der Waals surface area contributed by atoms with Crippen molar-refractivity contribution in [2.75, 3.05) is 39.0 Å². The standard InChI is InChI=1S/C38H46N8O3/c1-26-32(24-41-46(26)31-15-19-39-20-16-31)35(47)42-30-11-7-27(8-12-30)23-40-36(48)33-13-14-34-38(17-4-18-38)44(21-22-45(33)34)25-28-5-9-29(10-6-28)37(49)43(2)3/h5-14,24,31,39H,4,15-23,25H2,1-3H3,(H,40,48)(H,42,47). The Morgan fingerprint density at radius 2 is 1.63 bits per heavy atom. The maximum atomic E-state index is 13.4. The zero-order chi connectivity index (χ0) is 34.1. The van der Waals surface area contributed by atoms with Crippen LogP contribution < -0.4 is 16.0 Å². The molecule has 4 aromatic rings. The van der Waals surface area contributed by atoms with Crippen molar-refractivity contribution in [3.8, 4) is 0 Å². The van der Waals surface area contributed by atoms with E-state index >= 15 is 0 Å². The van der Waals surface area contributed by atoms with Crippen LogP contribution in [-0.2, 0) is 25.2 Å². The minimum absolute atomic E-state index is 0.00659. The van der Waals surface area contributed by atoms with Gasteiger partial charge in [0, 0.05) is 62.9 Å². The van der Waals surface area contributed by atoms with Crippen LogP contribution in [0.2, 0.25) is 0 Å². The summed E-state index contributed by atoms with van der Waals surface area (Å²) in [7, 11) is 3.53. The van der Waals surface area contributed by atoms with E-state index in [1.165, 1.54) is 11.3 Å². The third-order valence-electron chi connectivity index (χ3n) is 10.7. The SMILES string of the molecule is Cc1c(C(=O)Nc2ccc(CNC(=O)c3ccc4n3CCN(Cc3ccc(C(=O)N(C)C)cc3)C43CCC3)cc2)cnn1C1CCNCC1. The molecule has 1 saturated carbocycles. The van der Waals surface area contributed by atoms with E-state index in [1.807, 2.05) is 54.1 Å². The smallest absolute Gasteiger partial charge is 0.268 e. The lowest BCUT2D eigenvalue weighted by Gasteiger charge is -2.53. The van der Waals surface area contributed by atoms with E-state index < -0.39 is 0 Å². The predicted octanol–water partition coefficient (Wildman–Crippen LogP) is 4.70. The van der Waals surface area contributed by atoms with Crippen LogP contribution in [0.4, 0.5) is 5.69 Å². The molecule has 2 aromatic heterocycles. The van der Waals surface area contributed by atoms with Crippen LogP contribution in [0, 0.1) is 6.92 Å². The van der Waals surface area contributed by atoms with E-state index in [1.54, 1.807) is 25.2 Å². The molecular formula is C38H46N8O3. The Kier molecular flexibility index (Phi) is 9.13. The number of nitrogens with one attached hydrogen (secondary N) is 3. The molecular weight excluding hydrogens is 616 g/mol. The Bertz CT molecular complexity index is 1830. The van der Waals surface area contributed by atoms with Crippen molar-refractivity contribution in [3.63, 3.8) is 0 Å². The summed E-state index contributed by atoms with van der Waals surface area (Å²) in [6.45, 7) is 6.68. The van der Waals surface area contributed by atoms with Crippen molar-refractivity contribution in [1.82, 2.24) is 34.8 Å². The van der Waals surface area contributed by atoms with Gasteiger partial charge in [-0.1, -0.05) is 24.3 Å². The van der Waals surface area contributed by atoms with E-state index in [0.29, 0.717) is 35.1 Å². The first-order valence-corrected chi connectivity index (χ1v) is 17.4. The molecule has 49 heavy (non-hydrogen) atoms. The van der Waals surface area contributed by atoms with E-state index in [-0.39, 0.29) is 23.3 Å². The van der Waals surface area contributed by atoms with Crippen LogP contribution in [0.15, 0.2) is 66.9 Å². The van der Waals surface area contributed by atoms with Gasteiger partial charge in [-0.3, -0.25) is 24.0 Å². The molecule has 0 bridgehead atoms. The van der Waals surface area contributed by atoms with Crippen LogP contribution in [0.25, 0.3) is 0 Å². The molecule has 1 aliphatic carbocycles. The van der Waals surface area contributed by atoms with Gasteiger partial charge in [-0.05, 0) is 99.6 Å². The van der Waals surface area contributed by atoms with Gasteiger partial charge < -0.3 is 25.4 Å². The molecule has 3 aliphatic rings. The van der Waals surface area contributed by atoms with Crippen molar-refractivity contribution in [1.29, 1.82) is 0 Å². The number of rotatable bonds is 9. The van der Waals surface area contributed by atoms with Crippen molar-refractivity contribution >= 4 is 23.4 Å². The minimum Gasteiger partial charge on any atom is -0.347 e. The topological polar surface area (TPSA) is 117 Å². The number of hydrogen-bond acceptors (Lipinski definition) is 6. The highest BCUT2D eigenvalue weighted by atomic mass is 16.2. The van der Waals surface area contributed by atoms with Gasteiger partial charge in [-0.15, -0.1) is 0 Å². The molecule has 7 rings (SSSR count). The summed E-state index contributed by atoms with van der Waals surface area (Å²) >= 11 is 0. The number of amides is 3. The Morgan fingerprint density at radius 3 is 2.31 bits per heavy atom. The van der Waals surface area contributed by atoms with Gasteiger partial charge >= 0.3 is 0 Å². The molecule has 2 aliphatic heterocycles. The number of nitrogens with zero attached hydrogens (tertiary/aromatic N) is 5. The van der Waals surface area contributed by atoms with Gasteiger partial charge in [0.15, 0.2) is 0 Å². The largest absolute Gasteiger partial charge is 0.347 e.